The van der Waals surface area contributed by atoms with Gasteiger partial charge in [-0.2, -0.15) is 11.3 Å². The van der Waals surface area contributed by atoms with Crippen LogP contribution in [0.15, 0.2) is 41.1 Å². The largest absolute Gasteiger partial charge is 0.454 e. The summed E-state index contributed by atoms with van der Waals surface area (Å²) in [6, 6.07) is 7.71. The van der Waals surface area contributed by atoms with E-state index in [9.17, 15) is 4.79 Å². The van der Waals surface area contributed by atoms with Gasteiger partial charge in [-0.3, -0.25) is 4.79 Å². The fourth-order valence-electron chi connectivity index (χ4n) is 2.06. The van der Waals surface area contributed by atoms with Crippen molar-refractivity contribution in [1.29, 1.82) is 0 Å². The number of ether oxygens (including phenoxy) is 2. The molecule has 21 heavy (non-hydrogen) atoms. The van der Waals surface area contributed by atoms with Crippen LogP contribution >= 0.6 is 11.3 Å². The summed E-state index contributed by atoms with van der Waals surface area (Å²) in [5.74, 6) is 1.46. The van der Waals surface area contributed by atoms with Crippen molar-refractivity contribution < 1.29 is 14.3 Å². The maximum Gasteiger partial charge on any atom is 0.246 e. The Morgan fingerprint density at radius 3 is 3.00 bits per heavy atom. The lowest BCUT2D eigenvalue weighted by molar-refractivity contribution is -0.125. The zero-order valence-electron chi connectivity index (χ0n) is 11.6. The van der Waals surface area contributed by atoms with Crippen molar-refractivity contribution in [3.05, 3.63) is 52.2 Å². The minimum Gasteiger partial charge on any atom is -0.454 e. The molecule has 2 heterocycles. The van der Waals surface area contributed by atoms with Crippen molar-refractivity contribution in [3.8, 4) is 11.5 Å². The number of hydrogen-bond donors (Lipinski definition) is 0. The van der Waals surface area contributed by atoms with Crippen LogP contribution in [-0.4, -0.2) is 24.6 Å². The number of fused-ring (bicyclic) bond motifs is 1. The fourth-order valence-corrected chi connectivity index (χ4v) is 2.68. The molecule has 0 aliphatic carbocycles. The average Bonchev–Trinajstić information content (AvgIpc) is 3.15. The second-order valence-corrected chi connectivity index (χ2v) is 5.55. The molecular formula is C16H15NO3S. The van der Waals surface area contributed by atoms with Crippen molar-refractivity contribution in [2.45, 2.75) is 6.54 Å². The maximum absolute atomic E-state index is 12.1. The van der Waals surface area contributed by atoms with Crippen molar-refractivity contribution in [2.24, 2.45) is 0 Å². The van der Waals surface area contributed by atoms with Gasteiger partial charge >= 0.3 is 0 Å². The Balaban J connectivity index is 1.63. The molecule has 3 rings (SSSR count). The van der Waals surface area contributed by atoms with Crippen molar-refractivity contribution in [1.82, 2.24) is 4.90 Å². The van der Waals surface area contributed by atoms with Gasteiger partial charge in [-0.05, 0) is 46.2 Å². The SMILES string of the molecule is CN(Cc1ccc2c(c1)OCO2)C(=O)/C=C/c1ccsc1. The van der Waals surface area contributed by atoms with Crippen molar-refractivity contribution in [3.63, 3.8) is 0 Å². The number of benzene rings is 1. The Morgan fingerprint density at radius 1 is 1.33 bits per heavy atom. The molecule has 108 valence electrons. The third kappa shape index (κ3) is 3.25. The zero-order chi connectivity index (χ0) is 14.7. The first-order valence-corrected chi connectivity index (χ1v) is 7.50. The molecule has 1 aliphatic rings. The lowest BCUT2D eigenvalue weighted by Gasteiger charge is -2.15. The minimum absolute atomic E-state index is 0.0288. The number of nitrogens with zero attached hydrogens (tertiary/aromatic N) is 1. The molecule has 1 aromatic heterocycles. The van der Waals surface area contributed by atoms with E-state index in [4.69, 9.17) is 9.47 Å². The number of carbonyl (C=O) groups excluding carboxylic acids is 1. The smallest absolute Gasteiger partial charge is 0.246 e. The summed E-state index contributed by atoms with van der Waals surface area (Å²) in [6.45, 7) is 0.792. The molecule has 0 spiro atoms. The summed E-state index contributed by atoms with van der Waals surface area (Å²) < 4.78 is 10.6. The van der Waals surface area contributed by atoms with Crippen LogP contribution in [-0.2, 0) is 11.3 Å². The molecule has 1 aliphatic heterocycles. The van der Waals surface area contributed by atoms with E-state index in [1.807, 2.05) is 41.1 Å². The molecule has 5 heteroatoms. The van der Waals surface area contributed by atoms with Crippen LogP contribution < -0.4 is 9.47 Å². The Labute approximate surface area is 127 Å². The standard InChI is InChI=1S/C16H15NO3S/c1-17(16(18)5-3-12-6-7-21-10-12)9-13-2-4-14-15(8-13)20-11-19-14/h2-8,10H,9,11H2,1H3/b5-3+. The van der Waals surface area contributed by atoms with Gasteiger partial charge in [-0.1, -0.05) is 6.07 Å². The van der Waals surface area contributed by atoms with E-state index in [-0.39, 0.29) is 12.7 Å². The van der Waals surface area contributed by atoms with E-state index in [1.54, 1.807) is 29.4 Å². The first kappa shape index (κ1) is 13.7. The Hall–Kier alpha value is -2.27. The van der Waals surface area contributed by atoms with Crippen LogP contribution in [0.5, 0.6) is 11.5 Å². The van der Waals surface area contributed by atoms with Gasteiger partial charge in [0, 0.05) is 19.7 Å². The van der Waals surface area contributed by atoms with Gasteiger partial charge in [-0.25, -0.2) is 0 Å². The molecule has 0 bridgehead atoms. The lowest BCUT2D eigenvalue weighted by Crippen LogP contribution is -2.24. The molecule has 4 nitrogen and oxygen atoms in total. The number of amides is 1. The highest BCUT2D eigenvalue weighted by atomic mass is 32.1. The first-order valence-electron chi connectivity index (χ1n) is 6.56. The number of likely N-dealkylation sites (N-methyl/N-ethyl adjacent to an activating group) is 1. The van der Waals surface area contributed by atoms with E-state index in [0.29, 0.717) is 6.54 Å². The highest BCUT2D eigenvalue weighted by Gasteiger charge is 2.14. The van der Waals surface area contributed by atoms with E-state index >= 15 is 0 Å². The Bertz CT molecular complexity index is 664. The van der Waals surface area contributed by atoms with E-state index in [2.05, 4.69) is 0 Å². The predicted octanol–water partition coefficient (Wildman–Crippen LogP) is 3.15. The van der Waals surface area contributed by atoms with E-state index in [1.165, 1.54) is 0 Å². The monoisotopic (exact) mass is 301 g/mol. The second-order valence-electron chi connectivity index (χ2n) is 4.77. The number of rotatable bonds is 4. The van der Waals surface area contributed by atoms with Gasteiger partial charge in [0.1, 0.15) is 0 Å². The maximum atomic E-state index is 12.1. The molecule has 0 atom stereocenters. The van der Waals surface area contributed by atoms with Crippen LogP contribution in [0.3, 0.4) is 0 Å². The third-order valence-electron chi connectivity index (χ3n) is 3.19. The average molecular weight is 301 g/mol. The van der Waals surface area contributed by atoms with Crippen LogP contribution in [0.1, 0.15) is 11.1 Å². The van der Waals surface area contributed by atoms with Crippen molar-refractivity contribution in [2.75, 3.05) is 13.8 Å². The predicted molar refractivity (Wildman–Crippen MR) is 82.4 cm³/mol. The van der Waals surface area contributed by atoms with Gasteiger partial charge in [0.05, 0.1) is 0 Å². The highest BCUT2D eigenvalue weighted by Crippen LogP contribution is 2.32. The Kier molecular flexibility index (Phi) is 3.92. The van der Waals surface area contributed by atoms with Gasteiger partial charge in [0.25, 0.3) is 0 Å². The number of hydrogen-bond acceptors (Lipinski definition) is 4. The summed E-state index contributed by atoms with van der Waals surface area (Å²) in [5, 5.41) is 3.99. The van der Waals surface area contributed by atoms with Crippen LogP contribution in [0.4, 0.5) is 0 Å². The first-order chi connectivity index (χ1) is 10.2. The zero-order valence-corrected chi connectivity index (χ0v) is 12.4. The molecule has 0 saturated carbocycles. The van der Waals surface area contributed by atoms with Crippen molar-refractivity contribution >= 4 is 23.3 Å². The lowest BCUT2D eigenvalue weighted by atomic mass is 10.2. The molecular weight excluding hydrogens is 286 g/mol. The molecule has 0 radical (unpaired) electrons. The van der Waals surface area contributed by atoms with Gasteiger partial charge in [0.2, 0.25) is 12.7 Å². The van der Waals surface area contributed by atoms with Gasteiger partial charge < -0.3 is 14.4 Å². The molecule has 0 saturated heterocycles. The van der Waals surface area contributed by atoms with Crippen LogP contribution in [0.2, 0.25) is 0 Å². The topological polar surface area (TPSA) is 38.8 Å². The molecule has 0 unspecified atom stereocenters. The minimum atomic E-state index is -0.0288. The van der Waals surface area contributed by atoms with Gasteiger partial charge in [0.15, 0.2) is 11.5 Å². The normalized spacial score (nSPS) is 12.8. The summed E-state index contributed by atoms with van der Waals surface area (Å²) in [5.41, 5.74) is 2.06. The summed E-state index contributed by atoms with van der Waals surface area (Å²) in [4.78, 5) is 13.7. The second kappa shape index (κ2) is 6.01. The van der Waals surface area contributed by atoms with E-state index in [0.717, 1.165) is 22.6 Å². The molecule has 1 amide bonds. The molecule has 0 fully saturated rings. The van der Waals surface area contributed by atoms with Crippen LogP contribution in [0, 0.1) is 0 Å². The summed E-state index contributed by atoms with van der Waals surface area (Å²) in [6.07, 6.45) is 3.42. The van der Waals surface area contributed by atoms with Gasteiger partial charge in [-0.15, -0.1) is 0 Å². The quantitative estimate of drug-likeness (QED) is 0.814. The summed E-state index contributed by atoms with van der Waals surface area (Å²) >= 11 is 1.61. The fraction of sp³-hybridized carbons (Fsp3) is 0.188. The molecule has 1 aromatic carbocycles. The highest BCUT2D eigenvalue weighted by molar-refractivity contribution is 7.08. The number of thiophene rings is 1. The van der Waals surface area contributed by atoms with E-state index < -0.39 is 0 Å². The van der Waals surface area contributed by atoms with Crippen LogP contribution in [0.25, 0.3) is 6.08 Å². The molecule has 0 N–H and O–H groups in total. The third-order valence-corrected chi connectivity index (χ3v) is 3.90. The Morgan fingerprint density at radius 2 is 2.19 bits per heavy atom. The summed E-state index contributed by atoms with van der Waals surface area (Å²) in [7, 11) is 1.78. The molecule has 2 aromatic rings. The number of carbonyl (C=O) groups is 1.